The molecule has 0 aromatic carbocycles. The molecule has 0 aromatic heterocycles. The molecule has 124 valence electrons. The van der Waals surface area contributed by atoms with Gasteiger partial charge in [0.05, 0.1) is 0 Å². The molecule has 0 saturated carbocycles. The fraction of sp³-hybridized carbons (Fsp3) is 0.429. The normalized spacial score (nSPS) is 11.8. The van der Waals surface area contributed by atoms with Crippen LogP contribution >= 0.6 is 0 Å². The number of aliphatic carboxylic acids is 3. The Labute approximate surface area is 109 Å². The predicted octanol–water partition coefficient (Wildman–Crippen LogP) is 0.875. The molecule has 0 heterocycles. The molecule has 0 aliphatic heterocycles. The van der Waals surface area contributed by atoms with Gasteiger partial charge in [0.1, 0.15) is 0 Å². The smallest absolute Gasteiger partial charge is 0.479 e. The highest BCUT2D eigenvalue weighted by Gasteiger charge is 2.38. The molecule has 0 spiro atoms. The van der Waals surface area contributed by atoms with Crippen molar-refractivity contribution in [2.75, 3.05) is 0 Å². The average molecular weight is 334 g/mol. The highest BCUT2D eigenvalue weighted by Crippen LogP contribution is 2.13. The maximum Gasteiger partial charge on any atom is 0.490 e. The van der Waals surface area contributed by atoms with Crippen molar-refractivity contribution in [2.45, 2.75) is 18.5 Å². The van der Waals surface area contributed by atoms with E-state index in [0.717, 1.165) is 0 Å². The number of carboxylic acids is 3. The minimum Gasteiger partial charge on any atom is -0.479 e. The Morgan fingerprint density at radius 3 is 1.00 bits per heavy atom. The van der Waals surface area contributed by atoms with Crippen molar-refractivity contribution in [3.8, 4) is 0 Å². The lowest BCUT2D eigenvalue weighted by atomic mass is 10.4. The van der Waals surface area contributed by atoms with Crippen LogP contribution in [0.2, 0.25) is 0 Å². The molecule has 0 bridgehead atoms. The van der Waals surface area contributed by atoms with Gasteiger partial charge in [0.25, 0.3) is 6.17 Å². The summed E-state index contributed by atoms with van der Waals surface area (Å²) in [6.07, 6.45) is -12.8. The van der Waals surface area contributed by atoms with Crippen molar-refractivity contribution >= 4 is 24.2 Å². The maximum atomic E-state index is 11.3. The first-order valence-corrected chi connectivity index (χ1v) is 3.99. The molecule has 7 nitrogen and oxygen atoms in total. The molecule has 3 N–H and O–H groups in total. The molecule has 14 heteroatoms. The van der Waals surface area contributed by atoms with Gasteiger partial charge in [0, 0.05) is 0 Å². The quantitative estimate of drug-likeness (QED) is 0.388. The van der Waals surface area contributed by atoms with Crippen LogP contribution in [0.25, 0.3) is 0 Å². The first kappa shape index (κ1) is 23.7. The Kier molecular flexibility index (Phi) is 10.7. The summed E-state index contributed by atoms with van der Waals surface area (Å²) in [5, 5.41) is 21.8. The van der Waals surface area contributed by atoms with Crippen LogP contribution in [0.5, 0.6) is 0 Å². The molecule has 0 amide bonds. The first-order chi connectivity index (χ1) is 9.07. The summed E-state index contributed by atoms with van der Waals surface area (Å²) in [6.45, 7) is 0. The van der Waals surface area contributed by atoms with Gasteiger partial charge in [-0.05, 0) is 0 Å². The van der Waals surface area contributed by atoms with Gasteiger partial charge in [-0.1, -0.05) is 0 Å². The summed E-state index contributed by atoms with van der Waals surface area (Å²) in [7, 11) is 0. The summed E-state index contributed by atoms with van der Waals surface area (Å²) in [5.41, 5.74) is 0. The van der Waals surface area contributed by atoms with Crippen molar-refractivity contribution < 1.29 is 65.2 Å². The van der Waals surface area contributed by atoms with Crippen LogP contribution in [0.1, 0.15) is 0 Å². The Morgan fingerprint density at radius 1 is 0.810 bits per heavy atom. The van der Waals surface area contributed by atoms with Gasteiger partial charge in [-0.3, -0.25) is 4.79 Å². The molecule has 0 radical (unpaired) electrons. The summed E-state index contributed by atoms with van der Waals surface area (Å²) in [4.78, 5) is 36.3. The first-order valence-electron chi connectivity index (χ1n) is 3.99. The van der Waals surface area contributed by atoms with Crippen LogP contribution in [0, 0.1) is 0 Å². The van der Waals surface area contributed by atoms with Gasteiger partial charge in [-0.25, -0.2) is 18.8 Å². The Hall–Kier alpha value is -2.41. The summed E-state index contributed by atoms with van der Waals surface area (Å²) >= 11 is 0. The Morgan fingerprint density at radius 2 is 1.00 bits per heavy atom. The number of alkyl halides is 7. The largest absolute Gasteiger partial charge is 0.490 e. The maximum absolute atomic E-state index is 11.3. The zero-order chi connectivity index (χ0) is 18.0. The highest BCUT2D eigenvalue weighted by atomic mass is 19.4. The predicted molar refractivity (Wildman–Crippen MR) is 46.0 cm³/mol. The van der Waals surface area contributed by atoms with E-state index in [0.29, 0.717) is 0 Å². The SMILES string of the molecule is O=C(O)C(F)(F)F.O=C(O)C(F)(F)F.O=CC(F)C(=O)O. The van der Waals surface area contributed by atoms with Gasteiger partial charge in [-0.15, -0.1) is 0 Å². The molecule has 1 atom stereocenters. The van der Waals surface area contributed by atoms with E-state index in [2.05, 4.69) is 0 Å². The van der Waals surface area contributed by atoms with E-state index >= 15 is 0 Å². The van der Waals surface area contributed by atoms with Crippen molar-refractivity contribution in [2.24, 2.45) is 0 Å². The van der Waals surface area contributed by atoms with Crippen LogP contribution in [-0.4, -0.2) is 58.0 Å². The Bertz CT molecular complexity index is 348. The van der Waals surface area contributed by atoms with Crippen LogP contribution < -0.4 is 0 Å². The van der Waals surface area contributed by atoms with Crippen molar-refractivity contribution in [3.63, 3.8) is 0 Å². The second-order valence-electron chi connectivity index (χ2n) is 2.48. The molecular weight excluding hydrogens is 329 g/mol. The number of carboxylic acid groups (broad SMARTS) is 3. The van der Waals surface area contributed by atoms with E-state index in [4.69, 9.17) is 24.9 Å². The number of carbonyl (C=O) groups excluding carboxylic acids is 1. The minimum atomic E-state index is -5.08. The van der Waals surface area contributed by atoms with E-state index in [-0.39, 0.29) is 6.29 Å². The van der Waals surface area contributed by atoms with Gasteiger partial charge >= 0.3 is 30.3 Å². The van der Waals surface area contributed by atoms with E-state index < -0.39 is 36.4 Å². The zero-order valence-electron chi connectivity index (χ0n) is 9.28. The van der Waals surface area contributed by atoms with Gasteiger partial charge in [-0.2, -0.15) is 26.3 Å². The molecule has 0 aliphatic carbocycles. The second kappa shape index (κ2) is 9.49. The Balaban J connectivity index is -0.000000231. The number of hydrogen-bond donors (Lipinski definition) is 3. The van der Waals surface area contributed by atoms with Crippen molar-refractivity contribution in [1.29, 1.82) is 0 Å². The fourth-order valence-corrected chi connectivity index (χ4v) is 0.0582. The highest BCUT2D eigenvalue weighted by molar-refractivity contribution is 5.89. The molecular formula is C7H5F7O7. The third-order valence-corrected chi connectivity index (χ3v) is 0.840. The molecule has 1 unspecified atom stereocenters. The zero-order valence-corrected chi connectivity index (χ0v) is 9.28. The second-order valence-corrected chi connectivity index (χ2v) is 2.48. The van der Waals surface area contributed by atoms with Crippen LogP contribution in [0.4, 0.5) is 30.7 Å². The number of rotatable bonds is 2. The fourth-order valence-electron chi connectivity index (χ4n) is 0.0582. The molecule has 0 fully saturated rings. The summed E-state index contributed by atoms with van der Waals surface area (Å²) in [5.74, 6) is -7.25. The third kappa shape index (κ3) is 17.6. The number of aldehydes is 1. The monoisotopic (exact) mass is 334 g/mol. The van der Waals surface area contributed by atoms with Crippen molar-refractivity contribution in [1.82, 2.24) is 0 Å². The lowest BCUT2D eigenvalue weighted by molar-refractivity contribution is -0.193. The summed E-state index contributed by atoms with van der Waals surface area (Å²) in [6, 6.07) is 0. The topological polar surface area (TPSA) is 129 Å². The van der Waals surface area contributed by atoms with Crippen molar-refractivity contribution in [3.05, 3.63) is 0 Å². The van der Waals surface area contributed by atoms with Crippen LogP contribution in [0.15, 0.2) is 0 Å². The lowest BCUT2D eigenvalue weighted by Gasteiger charge is -1.93. The van der Waals surface area contributed by atoms with E-state index in [1.165, 1.54) is 0 Å². The molecule has 0 aliphatic rings. The van der Waals surface area contributed by atoms with E-state index in [9.17, 15) is 40.3 Å². The number of hydrogen-bond acceptors (Lipinski definition) is 4. The molecule has 0 aromatic rings. The van der Waals surface area contributed by atoms with E-state index in [1.807, 2.05) is 0 Å². The average Bonchev–Trinajstić information content (AvgIpc) is 2.26. The van der Waals surface area contributed by atoms with Gasteiger partial charge in [0.15, 0.2) is 6.29 Å². The van der Waals surface area contributed by atoms with Gasteiger partial charge < -0.3 is 15.3 Å². The third-order valence-electron chi connectivity index (χ3n) is 0.840. The van der Waals surface area contributed by atoms with E-state index in [1.54, 1.807) is 0 Å². The standard InChI is InChI=1S/C3H3FO3.2C2HF3O2/c4-2(1-5)3(6)7;2*3-2(4,5)1(6)7/h1-2H,(H,6,7);2*(H,6,7). The lowest BCUT2D eigenvalue weighted by Crippen LogP contribution is -2.21. The minimum absolute atomic E-state index is 0.275. The molecule has 0 rings (SSSR count). The van der Waals surface area contributed by atoms with Gasteiger partial charge in [0.2, 0.25) is 0 Å². The molecule has 21 heavy (non-hydrogen) atoms. The summed E-state index contributed by atoms with van der Waals surface area (Å²) < 4.78 is 74.8. The number of carbonyl (C=O) groups is 4. The van der Waals surface area contributed by atoms with Crippen LogP contribution in [0.3, 0.4) is 0 Å². The molecule has 0 saturated heterocycles. The number of halogens is 7. The van der Waals surface area contributed by atoms with Crippen LogP contribution in [-0.2, 0) is 19.2 Å².